The van der Waals surface area contributed by atoms with E-state index in [2.05, 4.69) is 26.6 Å². The number of nitriles is 1. The molecule has 2 aromatic carbocycles. The molecule has 0 unspecified atom stereocenters. The van der Waals surface area contributed by atoms with Crippen LogP contribution in [0.25, 0.3) is 21.3 Å². The number of thiazole rings is 1. The second kappa shape index (κ2) is 8.52. The van der Waals surface area contributed by atoms with Gasteiger partial charge in [0.15, 0.2) is 0 Å². The molecular weight excluding hydrogens is 469 g/mol. The Labute approximate surface area is 203 Å². The van der Waals surface area contributed by atoms with Crippen LogP contribution < -0.4 is 5.32 Å². The quantitative estimate of drug-likeness (QED) is 0.419. The van der Waals surface area contributed by atoms with Crippen LogP contribution in [-0.2, 0) is 22.4 Å². The van der Waals surface area contributed by atoms with Crippen LogP contribution in [0.15, 0.2) is 40.8 Å². The average Bonchev–Trinajstić information content (AvgIpc) is 3.24. The van der Waals surface area contributed by atoms with Crippen LogP contribution in [-0.4, -0.2) is 39.8 Å². The van der Waals surface area contributed by atoms with Crippen molar-refractivity contribution in [1.29, 1.82) is 5.26 Å². The van der Waals surface area contributed by atoms with Gasteiger partial charge in [-0.05, 0) is 36.1 Å². The molecule has 2 aliphatic rings. The summed E-state index contributed by atoms with van der Waals surface area (Å²) < 4.78 is 26.7. The van der Waals surface area contributed by atoms with Crippen molar-refractivity contribution >= 4 is 27.5 Å². The lowest BCUT2D eigenvalue weighted by Crippen LogP contribution is -2.36. The van der Waals surface area contributed by atoms with Crippen molar-refractivity contribution in [2.45, 2.75) is 37.1 Å². The molecular formula is C25H20FN5O3S. The zero-order valence-corrected chi connectivity index (χ0v) is 19.4. The number of ether oxygens (including phenoxy) is 1. The topological polar surface area (TPSA) is 114 Å². The molecule has 8 nitrogen and oxygen atoms in total. The molecule has 10 heteroatoms. The maximum absolute atomic E-state index is 15.4. The van der Waals surface area contributed by atoms with E-state index in [4.69, 9.17) is 14.4 Å². The SMILES string of the molecule is N#CC1(NC(=O)Cc2nnc(Cc3nc4ccc(-c5ccc(C6COC6)cc5)c(F)c4s3)o2)CC1. The molecule has 4 aromatic rings. The molecule has 1 N–H and O–H groups in total. The Kier molecular flexibility index (Phi) is 5.31. The minimum atomic E-state index is -0.739. The third-order valence-corrected chi connectivity index (χ3v) is 7.40. The third kappa shape index (κ3) is 4.29. The molecule has 2 aromatic heterocycles. The number of rotatable bonds is 7. The Balaban J connectivity index is 1.16. The van der Waals surface area contributed by atoms with Crippen molar-refractivity contribution in [1.82, 2.24) is 20.5 Å². The maximum atomic E-state index is 15.4. The number of nitrogens with zero attached hydrogens (tertiary/aromatic N) is 4. The lowest BCUT2D eigenvalue weighted by atomic mass is 9.95. The van der Waals surface area contributed by atoms with Gasteiger partial charge in [-0.1, -0.05) is 24.3 Å². The van der Waals surface area contributed by atoms with Crippen molar-refractivity contribution in [3.63, 3.8) is 0 Å². The number of hydrogen-bond acceptors (Lipinski definition) is 8. The van der Waals surface area contributed by atoms with Crippen LogP contribution in [0.2, 0.25) is 0 Å². The molecule has 35 heavy (non-hydrogen) atoms. The van der Waals surface area contributed by atoms with Gasteiger partial charge < -0.3 is 14.5 Å². The summed E-state index contributed by atoms with van der Waals surface area (Å²) in [6.07, 6.45) is 1.45. The normalized spacial score (nSPS) is 16.6. The molecule has 6 rings (SSSR count). The van der Waals surface area contributed by atoms with Gasteiger partial charge in [0.05, 0.1) is 35.9 Å². The Hall–Kier alpha value is -3.68. The highest BCUT2D eigenvalue weighted by Gasteiger charge is 2.44. The number of nitrogens with one attached hydrogen (secondary N) is 1. The second-order valence-electron chi connectivity index (χ2n) is 8.92. The lowest BCUT2D eigenvalue weighted by molar-refractivity contribution is -0.121. The van der Waals surface area contributed by atoms with Crippen molar-refractivity contribution in [2.75, 3.05) is 13.2 Å². The molecule has 0 bridgehead atoms. The van der Waals surface area contributed by atoms with Gasteiger partial charge in [0, 0.05) is 11.5 Å². The second-order valence-corrected chi connectivity index (χ2v) is 10.0. The molecule has 0 spiro atoms. The number of carbonyl (C=O) groups is 1. The molecule has 1 aliphatic carbocycles. The highest BCUT2D eigenvalue weighted by Crippen LogP contribution is 2.35. The number of amides is 1. The Morgan fingerprint density at radius 1 is 1.17 bits per heavy atom. The minimum Gasteiger partial charge on any atom is -0.424 e. The van der Waals surface area contributed by atoms with E-state index >= 15 is 4.39 Å². The maximum Gasteiger partial charge on any atom is 0.230 e. The highest BCUT2D eigenvalue weighted by atomic mass is 32.1. The Morgan fingerprint density at radius 2 is 1.94 bits per heavy atom. The van der Waals surface area contributed by atoms with Gasteiger partial charge in [-0.15, -0.1) is 21.5 Å². The molecule has 1 saturated carbocycles. The summed E-state index contributed by atoms with van der Waals surface area (Å²) in [6.45, 7) is 1.47. The summed E-state index contributed by atoms with van der Waals surface area (Å²) in [6, 6.07) is 13.6. The number of hydrogen-bond donors (Lipinski definition) is 1. The molecule has 2 fully saturated rings. The predicted octanol–water partition coefficient (Wildman–Crippen LogP) is 3.90. The first-order valence-corrected chi connectivity index (χ1v) is 12.1. The minimum absolute atomic E-state index is 0.0964. The fourth-order valence-electron chi connectivity index (χ4n) is 4.07. The molecule has 0 radical (unpaired) electrons. The molecule has 176 valence electrons. The fourth-order valence-corrected chi connectivity index (χ4v) is 5.06. The molecule has 0 atom stereocenters. The number of benzene rings is 2. The van der Waals surface area contributed by atoms with Crippen LogP contribution in [0.4, 0.5) is 4.39 Å². The number of halogens is 1. The van der Waals surface area contributed by atoms with Crippen LogP contribution in [0.1, 0.15) is 41.1 Å². The van der Waals surface area contributed by atoms with Crippen molar-refractivity contribution in [3.05, 3.63) is 64.6 Å². The Bertz CT molecular complexity index is 1460. The summed E-state index contributed by atoms with van der Waals surface area (Å²) in [7, 11) is 0. The zero-order chi connectivity index (χ0) is 24.0. The van der Waals surface area contributed by atoms with Crippen LogP contribution in [0.3, 0.4) is 0 Å². The van der Waals surface area contributed by atoms with E-state index in [-0.39, 0.29) is 30.5 Å². The van der Waals surface area contributed by atoms with Crippen molar-refractivity contribution in [3.8, 4) is 17.2 Å². The third-order valence-electron chi connectivity index (χ3n) is 6.34. The summed E-state index contributed by atoms with van der Waals surface area (Å²) in [5.74, 6) is 0.248. The van der Waals surface area contributed by atoms with E-state index in [9.17, 15) is 4.79 Å². The summed E-state index contributed by atoms with van der Waals surface area (Å²) in [5, 5.41) is 20.3. The largest absolute Gasteiger partial charge is 0.424 e. The molecule has 3 heterocycles. The van der Waals surface area contributed by atoms with Gasteiger partial charge in [-0.25, -0.2) is 9.37 Å². The van der Waals surface area contributed by atoms with Gasteiger partial charge in [0.25, 0.3) is 0 Å². The number of fused-ring (bicyclic) bond motifs is 1. The lowest BCUT2D eigenvalue weighted by Gasteiger charge is -2.26. The van der Waals surface area contributed by atoms with Gasteiger partial charge in [0.1, 0.15) is 22.8 Å². The molecule has 1 saturated heterocycles. The van der Waals surface area contributed by atoms with Gasteiger partial charge in [0.2, 0.25) is 17.7 Å². The van der Waals surface area contributed by atoms with E-state index in [1.807, 2.05) is 30.3 Å². The summed E-state index contributed by atoms with van der Waals surface area (Å²) in [4.78, 5) is 16.6. The van der Waals surface area contributed by atoms with E-state index in [1.54, 1.807) is 6.07 Å². The van der Waals surface area contributed by atoms with Gasteiger partial charge in [-0.2, -0.15) is 5.26 Å². The summed E-state index contributed by atoms with van der Waals surface area (Å²) in [5.41, 5.74) is 2.38. The first-order valence-electron chi connectivity index (χ1n) is 11.3. The van der Waals surface area contributed by atoms with E-state index in [0.29, 0.717) is 45.4 Å². The van der Waals surface area contributed by atoms with Crippen molar-refractivity contribution in [2.24, 2.45) is 0 Å². The predicted molar refractivity (Wildman–Crippen MR) is 125 cm³/mol. The molecule has 1 amide bonds. The first kappa shape index (κ1) is 21.8. The standard InChI is InChI=1S/C25H20FN5O3S/c26-23-17(15-3-1-14(2-4-15)16-11-33-12-16)5-6-18-24(23)35-22(28-18)10-21-31-30-20(34-21)9-19(32)29-25(13-27)7-8-25/h1-6,16H,7-12H2,(H,29,32). The van der Waals surface area contributed by atoms with Crippen LogP contribution in [0.5, 0.6) is 0 Å². The monoisotopic (exact) mass is 489 g/mol. The Morgan fingerprint density at radius 3 is 2.63 bits per heavy atom. The zero-order valence-electron chi connectivity index (χ0n) is 18.6. The first-order chi connectivity index (χ1) is 17.0. The van der Waals surface area contributed by atoms with Gasteiger partial charge >= 0.3 is 0 Å². The number of carbonyl (C=O) groups excluding carboxylic acids is 1. The number of aromatic nitrogens is 3. The van der Waals surface area contributed by atoms with E-state index in [1.165, 1.54) is 16.9 Å². The van der Waals surface area contributed by atoms with Gasteiger partial charge in [-0.3, -0.25) is 4.79 Å². The fraction of sp³-hybridized carbons (Fsp3) is 0.320. The van der Waals surface area contributed by atoms with Crippen LogP contribution >= 0.6 is 11.3 Å². The average molecular weight is 490 g/mol. The summed E-state index contributed by atoms with van der Waals surface area (Å²) >= 11 is 1.24. The highest BCUT2D eigenvalue weighted by molar-refractivity contribution is 7.18. The van der Waals surface area contributed by atoms with E-state index in [0.717, 1.165) is 18.8 Å². The smallest absolute Gasteiger partial charge is 0.230 e. The van der Waals surface area contributed by atoms with Crippen molar-refractivity contribution < 1.29 is 18.3 Å². The van der Waals surface area contributed by atoms with E-state index < -0.39 is 5.54 Å². The van der Waals surface area contributed by atoms with Crippen LogP contribution in [0, 0.1) is 17.1 Å². The molecule has 1 aliphatic heterocycles.